The summed E-state index contributed by atoms with van der Waals surface area (Å²) in [5.74, 6) is 3.40. The van der Waals surface area contributed by atoms with Crippen molar-refractivity contribution >= 4 is 23.7 Å². The SMILES string of the molecule is C#CCOCCOCCOCCOCCOCCOCCOCCOCCNC(=O)CCCC[C@@H]1SC[C@@H]2NC(=O)N[C@@H]21. The maximum atomic E-state index is 12.0. The number of unbranched alkanes of at least 4 members (excludes halogenated alkanes) is 1. The Morgan fingerprint density at radius 1 is 0.744 bits per heavy atom. The van der Waals surface area contributed by atoms with Crippen molar-refractivity contribution in [3.8, 4) is 12.3 Å². The molecule has 248 valence electrons. The molecule has 0 aromatic rings. The highest BCUT2D eigenvalue weighted by Gasteiger charge is 2.42. The molecule has 3 N–H and O–H groups in total. The van der Waals surface area contributed by atoms with E-state index in [1.165, 1.54) is 0 Å². The second-order valence-corrected chi connectivity index (χ2v) is 11.0. The Bertz CT molecular complexity index is 761. The van der Waals surface area contributed by atoms with Crippen LogP contribution in [-0.4, -0.2) is 147 Å². The number of amides is 3. The quantitative estimate of drug-likeness (QED) is 0.0581. The lowest BCUT2D eigenvalue weighted by molar-refractivity contribution is -0.121. The molecule has 0 bridgehead atoms. The van der Waals surface area contributed by atoms with E-state index in [1.54, 1.807) is 0 Å². The monoisotopic (exact) mass is 633 g/mol. The fourth-order valence-electron chi connectivity index (χ4n) is 4.30. The molecule has 2 fully saturated rings. The molecule has 14 heteroatoms. The lowest BCUT2D eigenvalue weighted by Gasteiger charge is -2.16. The van der Waals surface area contributed by atoms with Crippen LogP contribution in [0.3, 0.4) is 0 Å². The summed E-state index contributed by atoms with van der Waals surface area (Å²) in [5, 5.41) is 9.28. The number of hydrogen-bond donors (Lipinski definition) is 3. The van der Waals surface area contributed by atoms with Crippen molar-refractivity contribution in [3.63, 3.8) is 0 Å². The molecule has 0 aromatic heterocycles. The Balaban J connectivity index is 1.19. The third kappa shape index (κ3) is 20.1. The van der Waals surface area contributed by atoms with Gasteiger partial charge >= 0.3 is 6.03 Å². The molecule has 2 aliphatic heterocycles. The van der Waals surface area contributed by atoms with E-state index in [1.807, 2.05) is 11.8 Å². The van der Waals surface area contributed by atoms with Crippen LogP contribution >= 0.6 is 11.8 Å². The van der Waals surface area contributed by atoms with Crippen LogP contribution in [0.25, 0.3) is 0 Å². The first-order valence-corrected chi connectivity index (χ1v) is 16.3. The number of fused-ring (bicyclic) bond motifs is 1. The predicted molar refractivity (Wildman–Crippen MR) is 162 cm³/mol. The molecule has 0 aromatic carbocycles. The van der Waals surface area contributed by atoms with Crippen LogP contribution in [-0.2, 0) is 42.7 Å². The normalized spacial score (nSPS) is 19.1. The van der Waals surface area contributed by atoms with Gasteiger partial charge in [0.1, 0.15) is 6.61 Å². The highest BCUT2D eigenvalue weighted by Crippen LogP contribution is 2.33. The number of thioether (sulfide) groups is 1. The number of urea groups is 1. The van der Waals surface area contributed by atoms with Gasteiger partial charge in [0, 0.05) is 24.0 Å². The molecule has 3 atom stereocenters. The van der Waals surface area contributed by atoms with Gasteiger partial charge in [-0.2, -0.15) is 11.8 Å². The Hall–Kier alpha value is -1.67. The molecule has 2 rings (SSSR count). The summed E-state index contributed by atoms with van der Waals surface area (Å²) in [4.78, 5) is 23.4. The highest BCUT2D eigenvalue weighted by molar-refractivity contribution is 8.00. The van der Waals surface area contributed by atoms with E-state index in [0.717, 1.165) is 25.0 Å². The first-order chi connectivity index (χ1) is 21.2. The van der Waals surface area contributed by atoms with E-state index in [0.29, 0.717) is 124 Å². The minimum atomic E-state index is -0.0591. The van der Waals surface area contributed by atoms with Crippen LogP contribution in [0.5, 0.6) is 0 Å². The maximum Gasteiger partial charge on any atom is 0.315 e. The van der Waals surface area contributed by atoms with Gasteiger partial charge in [-0.3, -0.25) is 4.79 Å². The Kier molecular flexibility index (Phi) is 23.3. The average Bonchev–Trinajstić information content (AvgIpc) is 3.56. The second kappa shape index (κ2) is 26.7. The lowest BCUT2D eigenvalue weighted by atomic mass is 10.0. The molecule has 2 saturated heterocycles. The van der Waals surface area contributed by atoms with Gasteiger partial charge in [-0.25, -0.2) is 4.79 Å². The summed E-state index contributed by atoms with van der Waals surface area (Å²) >= 11 is 1.90. The van der Waals surface area contributed by atoms with Gasteiger partial charge < -0.3 is 53.8 Å². The zero-order valence-corrected chi connectivity index (χ0v) is 26.2. The molecule has 3 amide bonds. The number of terminal acetylenes is 1. The highest BCUT2D eigenvalue weighted by atomic mass is 32.2. The number of carbonyl (C=O) groups excluding carboxylic acids is 2. The number of hydrogen-bond acceptors (Lipinski definition) is 11. The van der Waals surface area contributed by atoms with Gasteiger partial charge in [-0.15, -0.1) is 6.42 Å². The Morgan fingerprint density at radius 3 is 1.74 bits per heavy atom. The van der Waals surface area contributed by atoms with Crippen molar-refractivity contribution in [2.45, 2.75) is 43.0 Å². The molecule has 2 aliphatic rings. The van der Waals surface area contributed by atoms with E-state index in [2.05, 4.69) is 21.9 Å². The van der Waals surface area contributed by atoms with Gasteiger partial charge in [0.15, 0.2) is 0 Å². The van der Waals surface area contributed by atoms with Crippen molar-refractivity contribution < 1.29 is 47.5 Å². The molecule has 0 radical (unpaired) electrons. The maximum absolute atomic E-state index is 12.0. The number of nitrogens with one attached hydrogen (secondary N) is 3. The number of rotatable bonds is 30. The van der Waals surface area contributed by atoms with Crippen LogP contribution in [0, 0.1) is 12.3 Å². The topological polar surface area (TPSA) is 144 Å². The largest absolute Gasteiger partial charge is 0.377 e. The third-order valence-electron chi connectivity index (χ3n) is 6.44. The van der Waals surface area contributed by atoms with E-state index in [4.69, 9.17) is 44.3 Å². The minimum Gasteiger partial charge on any atom is -0.377 e. The van der Waals surface area contributed by atoms with E-state index >= 15 is 0 Å². The fraction of sp³-hybridized carbons (Fsp3) is 0.862. The smallest absolute Gasteiger partial charge is 0.315 e. The van der Waals surface area contributed by atoms with Crippen LogP contribution < -0.4 is 16.0 Å². The second-order valence-electron chi connectivity index (χ2n) is 9.76. The summed E-state index contributed by atoms with van der Waals surface area (Å²) in [6, 6.07) is 0.416. The van der Waals surface area contributed by atoms with Crippen molar-refractivity contribution in [1.29, 1.82) is 0 Å². The van der Waals surface area contributed by atoms with E-state index in [9.17, 15) is 9.59 Å². The first kappa shape index (κ1) is 37.5. The molecule has 0 unspecified atom stereocenters. The first-order valence-electron chi connectivity index (χ1n) is 15.2. The van der Waals surface area contributed by atoms with Crippen LogP contribution in [0.15, 0.2) is 0 Å². The number of carbonyl (C=O) groups is 2. The Labute approximate surface area is 260 Å². The fourth-order valence-corrected chi connectivity index (χ4v) is 5.84. The van der Waals surface area contributed by atoms with E-state index < -0.39 is 0 Å². The number of ether oxygens (including phenoxy) is 8. The van der Waals surface area contributed by atoms with Crippen LogP contribution in [0.1, 0.15) is 25.7 Å². The summed E-state index contributed by atoms with van der Waals surface area (Å²) in [6.45, 7) is 8.15. The van der Waals surface area contributed by atoms with Gasteiger partial charge in [-0.05, 0) is 12.8 Å². The zero-order chi connectivity index (χ0) is 30.6. The van der Waals surface area contributed by atoms with Gasteiger partial charge in [0.25, 0.3) is 0 Å². The zero-order valence-electron chi connectivity index (χ0n) is 25.4. The molecule has 13 nitrogen and oxygen atoms in total. The summed E-state index contributed by atoms with van der Waals surface area (Å²) in [5.41, 5.74) is 0. The minimum absolute atomic E-state index is 0.0454. The van der Waals surface area contributed by atoms with Crippen molar-refractivity contribution in [3.05, 3.63) is 0 Å². The molecule has 0 spiro atoms. The lowest BCUT2D eigenvalue weighted by Crippen LogP contribution is -2.36. The summed E-state index contributed by atoms with van der Waals surface area (Å²) in [7, 11) is 0. The molecule has 2 heterocycles. The van der Waals surface area contributed by atoms with Crippen molar-refractivity contribution in [2.24, 2.45) is 0 Å². The van der Waals surface area contributed by atoms with Crippen molar-refractivity contribution in [1.82, 2.24) is 16.0 Å². The third-order valence-corrected chi connectivity index (χ3v) is 7.95. The van der Waals surface area contributed by atoms with Crippen LogP contribution in [0.2, 0.25) is 0 Å². The summed E-state index contributed by atoms with van der Waals surface area (Å²) in [6.07, 6.45) is 8.43. The van der Waals surface area contributed by atoms with E-state index in [-0.39, 0.29) is 24.0 Å². The van der Waals surface area contributed by atoms with Crippen molar-refractivity contribution in [2.75, 3.05) is 118 Å². The standard InChI is InChI=1S/C29H51N3O10S/c1-2-8-35-10-12-37-14-16-39-18-20-41-22-23-42-21-19-40-17-15-38-13-11-36-9-7-30-27(33)6-4-3-5-26-28-25(24-43-26)31-29(34)32-28/h1,25-26,28H,3-24H2,(H,30,33)(H2,31,32,34)/t25-,26-,28-/m0/s1. The summed E-state index contributed by atoms with van der Waals surface area (Å²) < 4.78 is 43.2. The molecular weight excluding hydrogens is 582 g/mol. The molecule has 0 aliphatic carbocycles. The predicted octanol–water partition coefficient (Wildman–Crippen LogP) is 0.594. The average molecular weight is 634 g/mol. The van der Waals surface area contributed by atoms with Gasteiger partial charge in [0.05, 0.1) is 111 Å². The Morgan fingerprint density at radius 2 is 1.23 bits per heavy atom. The molecule has 43 heavy (non-hydrogen) atoms. The molecule has 0 saturated carbocycles. The molecular formula is C29H51N3O10S. The van der Waals surface area contributed by atoms with Crippen LogP contribution in [0.4, 0.5) is 4.79 Å². The van der Waals surface area contributed by atoms with Gasteiger partial charge in [0.2, 0.25) is 5.91 Å². The van der Waals surface area contributed by atoms with Gasteiger partial charge in [-0.1, -0.05) is 12.3 Å².